The van der Waals surface area contributed by atoms with Gasteiger partial charge >= 0.3 is 0 Å². The van der Waals surface area contributed by atoms with Crippen molar-refractivity contribution >= 4 is 0 Å². The Hall–Kier alpha value is -1.20. The molecule has 0 aliphatic carbocycles. The summed E-state index contributed by atoms with van der Waals surface area (Å²) >= 11 is 0. The molecule has 0 aliphatic heterocycles. The molecule has 0 bridgehead atoms. The van der Waals surface area contributed by atoms with Crippen molar-refractivity contribution < 1.29 is 9.52 Å². The maximum absolute atomic E-state index is 8.55. The van der Waals surface area contributed by atoms with Crippen molar-refractivity contribution in [3.63, 3.8) is 0 Å². The molecule has 0 fully saturated rings. The number of hydrogen-bond donors (Lipinski definition) is 1. The van der Waals surface area contributed by atoms with Gasteiger partial charge < -0.3 is 9.52 Å². The predicted molar refractivity (Wildman–Crippen MR) is 32.6 cm³/mol. The van der Waals surface area contributed by atoms with Crippen molar-refractivity contribution in [2.45, 2.75) is 6.61 Å². The Morgan fingerprint density at radius 2 is 2.56 bits per heavy atom. The minimum atomic E-state index is -0.132. The van der Waals surface area contributed by atoms with E-state index in [1.807, 2.05) is 0 Å². The second-order valence-electron chi connectivity index (χ2n) is 1.56. The molecule has 0 aromatic carbocycles. The van der Waals surface area contributed by atoms with Gasteiger partial charge in [0.1, 0.15) is 12.4 Å². The van der Waals surface area contributed by atoms with E-state index in [1.54, 1.807) is 6.07 Å². The molecule has 0 amide bonds. The first-order chi connectivity index (χ1) is 4.38. The van der Waals surface area contributed by atoms with Crippen LogP contribution in [0.3, 0.4) is 0 Å². The Balaban J connectivity index is 3.02. The molecule has 1 N–H and O–H groups in total. The van der Waals surface area contributed by atoms with Gasteiger partial charge in [-0.2, -0.15) is 0 Å². The van der Waals surface area contributed by atoms with Crippen LogP contribution in [0.4, 0.5) is 0 Å². The van der Waals surface area contributed by atoms with Crippen LogP contribution >= 0.6 is 0 Å². The summed E-state index contributed by atoms with van der Waals surface area (Å²) in [5.41, 5.74) is 0.623. The van der Waals surface area contributed by atoms with Crippen molar-refractivity contribution in [2.75, 3.05) is 0 Å². The molecule has 0 atom stereocenters. The van der Waals surface area contributed by atoms with E-state index in [-0.39, 0.29) is 6.61 Å². The van der Waals surface area contributed by atoms with Gasteiger partial charge in [-0.1, -0.05) is 5.92 Å². The number of hydrogen-bond acceptors (Lipinski definition) is 2. The average Bonchev–Trinajstić information content (AvgIpc) is 2.33. The third-order valence-electron chi connectivity index (χ3n) is 1.04. The fourth-order valence-electron chi connectivity index (χ4n) is 0.592. The van der Waals surface area contributed by atoms with Gasteiger partial charge in [0, 0.05) is 0 Å². The molecule has 1 aromatic heterocycles. The minimum absolute atomic E-state index is 0.132. The third kappa shape index (κ3) is 0.956. The van der Waals surface area contributed by atoms with E-state index < -0.39 is 0 Å². The molecule has 0 saturated heterocycles. The third-order valence-corrected chi connectivity index (χ3v) is 1.04. The van der Waals surface area contributed by atoms with Gasteiger partial charge in [-0.05, 0) is 6.07 Å². The van der Waals surface area contributed by atoms with Gasteiger partial charge in [-0.3, -0.25) is 0 Å². The number of terminal acetylenes is 1. The minimum Gasteiger partial charge on any atom is -0.466 e. The highest BCUT2D eigenvalue weighted by molar-refractivity contribution is 5.33. The molecule has 1 rings (SSSR count). The second-order valence-corrected chi connectivity index (χ2v) is 1.56. The molecule has 1 aromatic rings. The molecular weight excluding hydrogens is 116 g/mol. The Bertz CT molecular complexity index is 229. The van der Waals surface area contributed by atoms with E-state index in [2.05, 4.69) is 5.92 Å². The first kappa shape index (κ1) is 5.93. The van der Waals surface area contributed by atoms with E-state index >= 15 is 0 Å². The van der Waals surface area contributed by atoms with Crippen molar-refractivity contribution in [3.05, 3.63) is 23.7 Å². The molecule has 2 heteroatoms. The van der Waals surface area contributed by atoms with Crippen LogP contribution in [-0.2, 0) is 6.61 Å². The molecule has 46 valence electrons. The highest BCUT2D eigenvalue weighted by Crippen LogP contribution is 2.07. The van der Waals surface area contributed by atoms with E-state index in [0.29, 0.717) is 11.3 Å². The maximum Gasteiger partial charge on any atom is 0.144 e. The molecule has 0 unspecified atom stereocenters. The Labute approximate surface area is 53.1 Å². The quantitative estimate of drug-likeness (QED) is 0.557. The first-order valence-corrected chi connectivity index (χ1v) is 2.52. The smallest absolute Gasteiger partial charge is 0.144 e. The first-order valence-electron chi connectivity index (χ1n) is 2.52. The zero-order chi connectivity index (χ0) is 6.69. The van der Waals surface area contributed by atoms with Gasteiger partial charge in [0.15, 0.2) is 0 Å². The van der Waals surface area contributed by atoms with Crippen LogP contribution in [0.5, 0.6) is 0 Å². The Kier molecular flexibility index (Phi) is 1.57. The van der Waals surface area contributed by atoms with Crippen LogP contribution in [0.1, 0.15) is 11.3 Å². The van der Waals surface area contributed by atoms with Gasteiger partial charge in [0.25, 0.3) is 0 Å². The van der Waals surface area contributed by atoms with Gasteiger partial charge in [-0.15, -0.1) is 6.42 Å². The van der Waals surface area contributed by atoms with E-state index in [9.17, 15) is 0 Å². The van der Waals surface area contributed by atoms with Crippen LogP contribution in [0.2, 0.25) is 0 Å². The van der Waals surface area contributed by atoms with Crippen LogP contribution in [0.25, 0.3) is 0 Å². The number of furan rings is 1. The highest BCUT2D eigenvalue weighted by atomic mass is 16.4. The molecule has 1 heterocycles. The largest absolute Gasteiger partial charge is 0.466 e. The van der Waals surface area contributed by atoms with Gasteiger partial charge in [0.05, 0.1) is 11.8 Å². The zero-order valence-electron chi connectivity index (χ0n) is 4.79. The topological polar surface area (TPSA) is 33.4 Å². The van der Waals surface area contributed by atoms with Crippen LogP contribution in [0, 0.1) is 12.3 Å². The predicted octanol–water partition coefficient (Wildman–Crippen LogP) is 0.753. The van der Waals surface area contributed by atoms with E-state index in [4.69, 9.17) is 15.9 Å². The number of aliphatic hydroxyl groups is 1. The van der Waals surface area contributed by atoms with Crippen LogP contribution in [-0.4, -0.2) is 5.11 Å². The van der Waals surface area contributed by atoms with Crippen LogP contribution < -0.4 is 0 Å². The molecule has 0 aliphatic rings. The molecule has 9 heavy (non-hydrogen) atoms. The summed E-state index contributed by atoms with van der Waals surface area (Å²) in [7, 11) is 0. The highest BCUT2D eigenvalue weighted by Gasteiger charge is 1.99. The van der Waals surface area contributed by atoms with E-state index in [1.165, 1.54) is 6.26 Å². The lowest BCUT2D eigenvalue weighted by molar-refractivity contribution is 0.247. The lowest BCUT2D eigenvalue weighted by Crippen LogP contribution is -1.80. The van der Waals surface area contributed by atoms with Crippen molar-refractivity contribution in [1.82, 2.24) is 0 Å². The van der Waals surface area contributed by atoms with Gasteiger partial charge in [-0.25, -0.2) is 0 Å². The van der Waals surface area contributed by atoms with Crippen LogP contribution in [0.15, 0.2) is 16.7 Å². The average molecular weight is 122 g/mol. The summed E-state index contributed by atoms with van der Waals surface area (Å²) in [4.78, 5) is 0. The lowest BCUT2D eigenvalue weighted by atomic mass is 10.3. The van der Waals surface area contributed by atoms with Crippen molar-refractivity contribution in [3.8, 4) is 12.3 Å². The SMILES string of the molecule is C#Cc1ccoc1CO. The summed E-state index contributed by atoms with van der Waals surface area (Å²) in [6, 6.07) is 1.64. The Morgan fingerprint density at radius 3 is 3.00 bits per heavy atom. The summed E-state index contributed by atoms with van der Waals surface area (Å²) in [5.74, 6) is 2.83. The lowest BCUT2D eigenvalue weighted by Gasteiger charge is -1.86. The summed E-state index contributed by atoms with van der Waals surface area (Å²) in [6.07, 6.45) is 6.51. The monoisotopic (exact) mass is 122 g/mol. The fraction of sp³-hybridized carbons (Fsp3) is 0.143. The standard InChI is InChI=1S/C7H6O2/c1-2-6-3-4-9-7(6)5-8/h1,3-4,8H,5H2. The van der Waals surface area contributed by atoms with Crippen molar-refractivity contribution in [1.29, 1.82) is 0 Å². The summed E-state index contributed by atoms with van der Waals surface area (Å²) in [5, 5.41) is 8.55. The van der Waals surface area contributed by atoms with E-state index in [0.717, 1.165) is 0 Å². The fourth-order valence-corrected chi connectivity index (χ4v) is 0.592. The maximum atomic E-state index is 8.55. The van der Waals surface area contributed by atoms with Gasteiger partial charge in [0.2, 0.25) is 0 Å². The molecule has 0 spiro atoms. The Morgan fingerprint density at radius 1 is 1.78 bits per heavy atom. The number of aliphatic hydroxyl groups excluding tert-OH is 1. The molecule has 2 nitrogen and oxygen atoms in total. The molecular formula is C7H6O2. The normalized spacial score (nSPS) is 8.89. The molecule has 0 radical (unpaired) electrons. The summed E-state index contributed by atoms with van der Waals surface area (Å²) < 4.78 is 4.81. The zero-order valence-corrected chi connectivity index (χ0v) is 4.79. The summed E-state index contributed by atoms with van der Waals surface area (Å²) in [6.45, 7) is -0.132. The second kappa shape index (κ2) is 2.38. The molecule has 0 saturated carbocycles. The number of rotatable bonds is 1. The van der Waals surface area contributed by atoms with Crippen molar-refractivity contribution in [2.24, 2.45) is 0 Å².